The first-order valence-corrected chi connectivity index (χ1v) is 8.72. The average Bonchev–Trinajstić information content (AvgIpc) is 3.09. The Bertz CT molecular complexity index is 982. The summed E-state index contributed by atoms with van der Waals surface area (Å²) in [6, 6.07) is 6.68. The van der Waals surface area contributed by atoms with Gasteiger partial charge in [-0.15, -0.1) is 11.3 Å². The number of halogens is 1. The minimum atomic E-state index is -0.186. The number of pyridine rings is 2. The van der Waals surface area contributed by atoms with Crippen molar-refractivity contribution in [3.63, 3.8) is 0 Å². The number of nitriles is 1. The number of carbonyl (C=O) groups is 1. The maximum Gasteiger partial charge on any atom is 0.226 e. The van der Waals surface area contributed by atoms with Crippen molar-refractivity contribution in [1.29, 1.82) is 5.26 Å². The molecule has 130 valence electrons. The molecule has 0 saturated carbocycles. The molecule has 0 aliphatic heterocycles. The summed E-state index contributed by atoms with van der Waals surface area (Å²) in [4.78, 5) is 24.4. The van der Waals surface area contributed by atoms with Gasteiger partial charge in [-0.3, -0.25) is 4.79 Å². The van der Waals surface area contributed by atoms with Crippen LogP contribution in [0.25, 0.3) is 10.7 Å². The molecule has 0 aromatic carbocycles. The molecule has 0 unspecified atom stereocenters. The first-order chi connectivity index (χ1) is 12.5. The van der Waals surface area contributed by atoms with E-state index in [4.69, 9.17) is 16.9 Å². The van der Waals surface area contributed by atoms with Gasteiger partial charge in [-0.1, -0.05) is 17.7 Å². The van der Waals surface area contributed by atoms with E-state index in [0.29, 0.717) is 22.4 Å². The summed E-state index contributed by atoms with van der Waals surface area (Å²) in [6.45, 7) is 0.345. The van der Waals surface area contributed by atoms with Crippen LogP contribution in [-0.2, 0) is 17.8 Å². The Balaban J connectivity index is 1.62. The zero-order valence-corrected chi connectivity index (χ0v) is 14.9. The van der Waals surface area contributed by atoms with Crippen molar-refractivity contribution in [1.82, 2.24) is 20.3 Å². The fourth-order valence-electron chi connectivity index (χ4n) is 2.11. The van der Waals surface area contributed by atoms with Crippen LogP contribution in [0.3, 0.4) is 0 Å². The number of nitrogens with zero attached hydrogens (tertiary/aromatic N) is 4. The van der Waals surface area contributed by atoms with E-state index in [1.54, 1.807) is 23.7 Å². The SMILES string of the molecule is N#Cc1cnc(-c2nc(CC(=O)NCc3ccc(Cl)nc3)cs2)c(O)c1. The van der Waals surface area contributed by atoms with Gasteiger partial charge in [0, 0.05) is 30.4 Å². The number of rotatable bonds is 5. The van der Waals surface area contributed by atoms with Crippen LogP contribution in [-0.4, -0.2) is 26.0 Å². The lowest BCUT2D eigenvalue weighted by Crippen LogP contribution is -2.24. The largest absolute Gasteiger partial charge is 0.506 e. The number of aromatic nitrogens is 3. The molecule has 0 saturated heterocycles. The second-order valence-electron chi connectivity index (χ2n) is 5.29. The molecule has 0 fully saturated rings. The maximum atomic E-state index is 12.1. The summed E-state index contributed by atoms with van der Waals surface area (Å²) in [5, 5.41) is 24.2. The molecule has 0 aliphatic rings. The van der Waals surface area contributed by atoms with E-state index in [2.05, 4.69) is 20.3 Å². The van der Waals surface area contributed by atoms with Gasteiger partial charge >= 0.3 is 0 Å². The van der Waals surface area contributed by atoms with Crippen LogP contribution in [0.4, 0.5) is 0 Å². The van der Waals surface area contributed by atoms with Gasteiger partial charge in [0.1, 0.15) is 27.7 Å². The average molecular weight is 386 g/mol. The van der Waals surface area contributed by atoms with Gasteiger partial charge in [0.25, 0.3) is 0 Å². The highest BCUT2D eigenvalue weighted by molar-refractivity contribution is 7.13. The summed E-state index contributed by atoms with van der Waals surface area (Å²) in [6.07, 6.45) is 3.07. The van der Waals surface area contributed by atoms with Gasteiger partial charge in [0.15, 0.2) is 0 Å². The monoisotopic (exact) mass is 385 g/mol. The van der Waals surface area contributed by atoms with Crippen molar-refractivity contribution in [3.05, 3.63) is 57.9 Å². The lowest BCUT2D eigenvalue weighted by atomic mass is 10.2. The molecule has 7 nitrogen and oxygen atoms in total. The molecule has 0 aliphatic carbocycles. The smallest absolute Gasteiger partial charge is 0.226 e. The number of amides is 1. The van der Waals surface area contributed by atoms with Gasteiger partial charge in [0.05, 0.1) is 17.7 Å². The fraction of sp³-hybridized carbons (Fsp3) is 0.118. The molecule has 3 heterocycles. The van der Waals surface area contributed by atoms with E-state index < -0.39 is 0 Å². The quantitative estimate of drug-likeness (QED) is 0.653. The summed E-state index contributed by atoms with van der Waals surface area (Å²) in [5.41, 5.74) is 1.96. The summed E-state index contributed by atoms with van der Waals surface area (Å²) < 4.78 is 0. The Kier molecular flexibility index (Phi) is 5.41. The van der Waals surface area contributed by atoms with Crippen molar-refractivity contribution < 1.29 is 9.90 Å². The van der Waals surface area contributed by atoms with Gasteiger partial charge in [-0.05, 0) is 11.6 Å². The predicted octanol–water partition coefficient (Wildman–Crippen LogP) is 2.69. The summed E-state index contributed by atoms with van der Waals surface area (Å²) in [7, 11) is 0. The third-order valence-corrected chi connectivity index (χ3v) is 4.49. The molecule has 3 rings (SSSR count). The van der Waals surface area contributed by atoms with Crippen molar-refractivity contribution >= 4 is 28.8 Å². The summed E-state index contributed by atoms with van der Waals surface area (Å²) >= 11 is 6.99. The second-order valence-corrected chi connectivity index (χ2v) is 6.54. The molecule has 9 heteroatoms. The Morgan fingerprint density at radius 1 is 1.35 bits per heavy atom. The van der Waals surface area contributed by atoms with E-state index in [0.717, 1.165) is 5.56 Å². The number of thiazole rings is 1. The Hall–Kier alpha value is -3.02. The molecular weight excluding hydrogens is 374 g/mol. The van der Waals surface area contributed by atoms with Crippen LogP contribution in [0.5, 0.6) is 5.75 Å². The maximum absolute atomic E-state index is 12.1. The molecule has 0 spiro atoms. The molecule has 0 radical (unpaired) electrons. The van der Waals surface area contributed by atoms with E-state index >= 15 is 0 Å². The van der Waals surface area contributed by atoms with Crippen molar-refractivity contribution in [3.8, 4) is 22.5 Å². The number of nitrogens with one attached hydrogen (secondary N) is 1. The zero-order valence-electron chi connectivity index (χ0n) is 13.3. The minimum Gasteiger partial charge on any atom is -0.506 e. The van der Waals surface area contributed by atoms with Crippen LogP contribution < -0.4 is 5.32 Å². The van der Waals surface area contributed by atoms with Crippen LogP contribution in [0, 0.1) is 11.3 Å². The van der Waals surface area contributed by atoms with Crippen molar-refractivity contribution in [2.75, 3.05) is 0 Å². The number of carbonyl (C=O) groups excluding carboxylic acids is 1. The van der Waals surface area contributed by atoms with Crippen LogP contribution in [0.15, 0.2) is 36.0 Å². The highest BCUT2D eigenvalue weighted by Crippen LogP contribution is 2.30. The molecule has 2 N–H and O–H groups in total. The lowest BCUT2D eigenvalue weighted by Gasteiger charge is -2.04. The number of aromatic hydroxyl groups is 1. The third-order valence-electron chi connectivity index (χ3n) is 3.37. The third kappa shape index (κ3) is 4.33. The topological polar surface area (TPSA) is 112 Å². The molecule has 0 bridgehead atoms. The zero-order chi connectivity index (χ0) is 18.5. The van der Waals surface area contributed by atoms with Crippen LogP contribution in [0.1, 0.15) is 16.8 Å². The molecule has 0 atom stereocenters. The van der Waals surface area contributed by atoms with E-state index in [9.17, 15) is 9.90 Å². The molecular formula is C17H12ClN5O2S. The van der Waals surface area contributed by atoms with Gasteiger partial charge in [0.2, 0.25) is 5.91 Å². The van der Waals surface area contributed by atoms with E-state index in [-0.39, 0.29) is 29.3 Å². The minimum absolute atomic E-state index is 0.106. The predicted molar refractivity (Wildman–Crippen MR) is 96.5 cm³/mol. The van der Waals surface area contributed by atoms with Gasteiger partial charge < -0.3 is 10.4 Å². The van der Waals surface area contributed by atoms with E-state index in [1.165, 1.54) is 23.6 Å². The normalized spacial score (nSPS) is 10.3. The second kappa shape index (κ2) is 7.91. The Labute approximate surface area is 158 Å². The van der Waals surface area contributed by atoms with Crippen LogP contribution >= 0.6 is 22.9 Å². The molecule has 1 amide bonds. The first kappa shape index (κ1) is 17.8. The lowest BCUT2D eigenvalue weighted by molar-refractivity contribution is -0.120. The molecule has 3 aromatic rings. The Morgan fingerprint density at radius 3 is 2.88 bits per heavy atom. The summed E-state index contributed by atoms with van der Waals surface area (Å²) in [5.74, 6) is -0.307. The fourth-order valence-corrected chi connectivity index (χ4v) is 3.05. The Morgan fingerprint density at radius 2 is 2.19 bits per heavy atom. The highest BCUT2D eigenvalue weighted by Gasteiger charge is 2.13. The van der Waals surface area contributed by atoms with Crippen molar-refractivity contribution in [2.45, 2.75) is 13.0 Å². The standard InChI is InChI=1S/C17H12ClN5O2S/c18-14-2-1-10(6-20-14)7-21-15(25)4-12-9-26-17(23-12)16-13(24)3-11(5-19)8-22-16/h1-3,6,8-9,24H,4,7H2,(H,21,25). The number of hydrogen-bond donors (Lipinski definition) is 2. The van der Waals surface area contributed by atoms with Crippen molar-refractivity contribution in [2.24, 2.45) is 0 Å². The molecule has 3 aromatic heterocycles. The first-order valence-electron chi connectivity index (χ1n) is 7.46. The highest BCUT2D eigenvalue weighted by atomic mass is 35.5. The van der Waals surface area contributed by atoms with E-state index in [1.807, 2.05) is 6.07 Å². The van der Waals surface area contributed by atoms with Gasteiger partial charge in [-0.2, -0.15) is 5.26 Å². The number of hydrogen-bond acceptors (Lipinski definition) is 7. The molecule has 26 heavy (non-hydrogen) atoms. The van der Waals surface area contributed by atoms with Crippen LogP contribution in [0.2, 0.25) is 5.15 Å². The van der Waals surface area contributed by atoms with Gasteiger partial charge in [-0.25, -0.2) is 15.0 Å².